The van der Waals surface area contributed by atoms with E-state index >= 15 is 0 Å². The van der Waals surface area contributed by atoms with E-state index in [-0.39, 0.29) is 24.2 Å². The highest BCUT2D eigenvalue weighted by atomic mass is 35.5. The first-order chi connectivity index (χ1) is 12.1. The number of likely N-dealkylation sites (tertiary alicyclic amines) is 1. The van der Waals surface area contributed by atoms with E-state index < -0.39 is 0 Å². The van der Waals surface area contributed by atoms with Crippen molar-refractivity contribution < 1.29 is 9.53 Å². The molecule has 1 saturated carbocycles. The number of carbonyl (C=O) groups excluding carboxylic acids is 1. The lowest BCUT2D eigenvalue weighted by molar-refractivity contribution is -0.128. The van der Waals surface area contributed by atoms with Crippen LogP contribution >= 0.6 is 12.4 Å². The molecule has 146 valence electrons. The Morgan fingerprint density at radius 3 is 2.58 bits per heavy atom. The molecule has 6 nitrogen and oxygen atoms in total. The Kier molecular flexibility index (Phi) is 6.25. The largest absolute Gasteiger partial charge is 0.381 e. The van der Waals surface area contributed by atoms with E-state index in [0.717, 1.165) is 63.0 Å². The molecular weight excluding hydrogens is 352 g/mol. The number of hydrogen-bond donors (Lipinski definition) is 2. The molecule has 2 aliphatic heterocycles. The molecule has 3 heterocycles. The van der Waals surface area contributed by atoms with Crippen LogP contribution in [0.25, 0.3) is 0 Å². The number of amides is 1. The topological polar surface area (TPSA) is 70.2 Å². The summed E-state index contributed by atoms with van der Waals surface area (Å²) in [6, 6.07) is 0.301. The van der Waals surface area contributed by atoms with Gasteiger partial charge in [0, 0.05) is 56.1 Å². The Labute approximate surface area is 161 Å². The van der Waals surface area contributed by atoms with Gasteiger partial charge in [-0.15, -0.1) is 12.4 Å². The second kappa shape index (κ2) is 8.28. The van der Waals surface area contributed by atoms with Gasteiger partial charge < -0.3 is 10.1 Å². The highest BCUT2D eigenvalue weighted by Crippen LogP contribution is 2.42. The Morgan fingerprint density at radius 1 is 1.23 bits per heavy atom. The number of H-pyrrole nitrogens is 1. The van der Waals surface area contributed by atoms with Crippen molar-refractivity contribution in [1.82, 2.24) is 20.4 Å². The van der Waals surface area contributed by atoms with Crippen molar-refractivity contribution in [3.8, 4) is 0 Å². The monoisotopic (exact) mass is 382 g/mol. The zero-order valence-electron chi connectivity index (χ0n) is 15.8. The van der Waals surface area contributed by atoms with Gasteiger partial charge in [0.2, 0.25) is 5.91 Å². The molecule has 2 N–H and O–H groups in total. The van der Waals surface area contributed by atoms with Crippen LogP contribution in [0.1, 0.15) is 42.6 Å². The molecule has 1 aliphatic carbocycles. The van der Waals surface area contributed by atoms with Crippen molar-refractivity contribution in [2.75, 3.05) is 26.3 Å². The molecule has 3 aliphatic rings. The first-order valence-corrected chi connectivity index (χ1v) is 9.72. The summed E-state index contributed by atoms with van der Waals surface area (Å²) in [5, 5.41) is 10.8. The number of hydrogen-bond acceptors (Lipinski definition) is 4. The Hall–Kier alpha value is -1.11. The van der Waals surface area contributed by atoms with E-state index in [4.69, 9.17) is 4.74 Å². The predicted octanol–water partition coefficient (Wildman–Crippen LogP) is 2.20. The van der Waals surface area contributed by atoms with Crippen LogP contribution in [0.2, 0.25) is 0 Å². The number of rotatable bonds is 5. The van der Waals surface area contributed by atoms with Gasteiger partial charge in [-0.3, -0.25) is 14.8 Å². The van der Waals surface area contributed by atoms with Gasteiger partial charge in [-0.1, -0.05) is 0 Å². The van der Waals surface area contributed by atoms with Crippen LogP contribution in [0.4, 0.5) is 0 Å². The van der Waals surface area contributed by atoms with E-state index in [9.17, 15) is 4.79 Å². The SMILES string of the molecule is Cc1n[nH]c(C)c1CN1C[C@H](NC(=O)C2CCOCC2)[C@@H](C2CC2)C1.Cl. The predicted molar refractivity (Wildman–Crippen MR) is 102 cm³/mol. The molecule has 2 saturated heterocycles. The van der Waals surface area contributed by atoms with Crippen molar-refractivity contribution in [3.05, 3.63) is 17.0 Å². The lowest BCUT2D eigenvalue weighted by Gasteiger charge is -2.25. The molecule has 1 aromatic heterocycles. The lowest BCUT2D eigenvalue weighted by Crippen LogP contribution is -2.45. The Balaban J connectivity index is 0.00000196. The molecule has 0 aromatic carbocycles. The number of aromatic nitrogens is 2. The summed E-state index contributed by atoms with van der Waals surface area (Å²) >= 11 is 0. The molecule has 4 rings (SSSR count). The Morgan fingerprint density at radius 2 is 1.96 bits per heavy atom. The maximum atomic E-state index is 12.7. The first-order valence-electron chi connectivity index (χ1n) is 9.72. The second-order valence-corrected chi connectivity index (χ2v) is 8.11. The highest BCUT2D eigenvalue weighted by Gasteiger charge is 2.43. The van der Waals surface area contributed by atoms with Crippen LogP contribution in [-0.2, 0) is 16.1 Å². The summed E-state index contributed by atoms with van der Waals surface area (Å²) in [7, 11) is 0. The van der Waals surface area contributed by atoms with Crippen LogP contribution in [0, 0.1) is 31.6 Å². The van der Waals surface area contributed by atoms with E-state index in [1.165, 1.54) is 18.4 Å². The molecule has 1 aromatic rings. The lowest BCUT2D eigenvalue weighted by atomic mass is 9.95. The average Bonchev–Trinajstić information content (AvgIpc) is 3.33. The Bertz CT molecular complexity index is 606. The van der Waals surface area contributed by atoms with Crippen LogP contribution in [0.3, 0.4) is 0 Å². The van der Waals surface area contributed by atoms with E-state index in [2.05, 4.69) is 34.3 Å². The second-order valence-electron chi connectivity index (χ2n) is 8.11. The summed E-state index contributed by atoms with van der Waals surface area (Å²) in [6.45, 7) is 8.58. The van der Waals surface area contributed by atoms with Gasteiger partial charge >= 0.3 is 0 Å². The minimum atomic E-state index is 0. The van der Waals surface area contributed by atoms with Gasteiger partial charge in [-0.2, -0.15) is 5.10 Å². The molecule has 1 amide bonds. The van der Waals surface area contributed by atoms with E-state index in [1.54, 1.807) is 0 Å². The molecule has 26 heavy (non-hydrogen) atoms. The van der Waals surface area contributed by atoms with Gasteiger partial charge in [-0.05, 0) is 51.4 Å². The fourth-order valence-electron chi connectivity index (χ4n) is 4.49. The van der Waals surface area contributed by atoms with Gasteiger partial charge in [-0.25, -0.2) is 0 Å². The van der Waals surface area contributed by atoms with E-state index in [0.29, 0.717) is 12.0 Å². The van der Waals surface area contributed by atoms with Gasteiger partial charge in [0.25, 0.3) is 0 Å². The maximum Gasteiger partial charge on any atom is 0.223 e. The average molecular weight is 383 g/mol. The summed E-state index contributed by atoms with van der Waals surface area (Å²) in [4.78, 5) is 15.2. The number of carbonyl (C=O) groups is 1. The molecule has 0 spiro atoms. The number of aryl methyl sites for hydroxylation is 2. The zero-order valence-corrected chi connectivity index (χ0v) is 16.6. The number of nitrogens with zero attached hydrogens (tertiary/aromatic N) is 2. The number of ether oxygens (including phenoxy) is 1. The number of aromatic amines is 1. The molecular formula is C19H31ClN4O2. The summed E-state index contributed by atoms with van der Waals surface area (Å²) in [5.41, 5.74) is 3.57. The molecule has 3 fully saturated rings. The van der Waals surface area contributed by atoms with Crippen LogP contribution in [-0.4, -0.2) is 53.3 Å². The van der Waals surface area contributed by atoms with Crippen molar-refractivity contribution >= 4 is 18.3 Å². The fraction of sp³-hybridized carbons (Fsp3) is 0.789. The van der Waals surface area contributed by atoms with Gasteiger partial charge in [0.15, 0.2) is 0 Å². The first kappa shape index (κ1) is 19.6. The summed E-state index contributed by atoms with van der Waals surface area (Å²) < 4.78 is 5.39. The molecule has 7 heteroatoms. The normalized spacial score (nSPS) is 27.3. The van der Waals surface area contributed by atoms with Crippen molar-refractivity contribution in [3.63, 3.8) is 0 Å². The minimum absolute atomic E-state index is 0. The van der Waals surface area contributed by atoms with Crippen molar-refractivity contribution in [1.29, 1.82) is 0 Å². The van der Waals surface area contributed by atoms with Crippen LogP contribution < -0.4 is 5.32 Å². The standard InChI is InChI=1S/C19H30N4O2.ClH/c1-12-16(13(2)22-21-12)9-23-10-17(14-3-4-14)18(11-23)20-19(24)15-5-7-25-8-6-15;/h14-15,17-18H,3-11H2,1-2H3,(H,20,24)(H,21,22);1H/t17-,18+;/m1./s1. The molecule has 2 atom stereocenters. The highest BCUT2D eigenvalue weighted by molar-refractivity contribution is 5.85. The number of halogens is 1. The minimum Gasteiger partial charge on any atom is -0.381 e. The quantitative estimate of drug-likeness (QED) is 0.819. The van der Waals surface area contributed by atoms with Gasteiger partial charge in [0.1, 0.15) is 0 Å². The summed E-state index contributed by atoms with van der Waals surface area (Å²) in [5.74, 6) is 1.80. The summed E-state index contributed by atoms with van der Waals surface area (Å²) in [6.07, 6.45) is 4.38. The van der Waals surface area contributed by atoms with Crippen molar-refractivity contribution in [2.24, 2.45) is 17.8 Å². The third kappa shape index (κ3) is 4.24. The van der Waals surface area contributed by atoms with Crippen LogP contribution in [0.5, 0.6) is 0 Å². The smallest absolute Gasteiger partial charge is 0.223 e. The molecule has 0 unspecified atom stereocenters. The van der Waals surface area contributed by atoms with Crippen molar-refractivity contribution in [2.45, 2.75) is 52.1 Å². The molecule has 0 radical (unpaired) electrons. The van der Waals surface area contributed by atoms with Gasteiger partial charge in [0.05, 0.1) is 5.69 Å². The van der Waals surface area contributed by atoms with E-state index in [1.807, 2.05) is 0 Å². The molecule has 0 bridgehead atoms. The zero-order chi connectivity index (χ0) is 17.4. The fourth-order valence-corrected chi connectivity index (χ4v) is 4.49. The number of nitrogens with one attached hydrogen (secondary N) is 2. The maximum absolute atomic E-state index is 12.7. The van der Waals surface area contributed by atoms with Crippen LogP contribution in [0.15, 0.2) is 0 Å². The third-order valence-corrected chi connectivity index (χ3v) is 6.25. The third-order valence-electron chi connectivity index (χ3n) is 6.25.